The second kappa shape index (κ2) is 7.50. The predicted molar refractivity (Wildman–Crippen MR) is 80.4 cm³/mol. The highest BCUT2D eigenvalue weighted by Gasteiger charge is 2.17. The van der Waals surface area contributed by atoms with Crippen molar-refractivity contribution in [2.45, 2.75) is 24.7 Å². The van der Waals surface area contributed by atoms with E-state index >= 15 is 0 Å². The molecule has 3 N–H and O–H groups in total. The molecule has 0 aliphatic rings. The van der Waals surface area contributed by atoms with Crippen molar-refractivity contribution in [1.82, 2.24) is 10.6 Å². The zero-order chi connectivity index (χ0) is 15.2. The van der Waals surface area contributed by atoms with Gasteiger partial charge in [-0.1, -0.05) is 18.2 Å². The molecule has 20 heavy (non-hydrogen) atoms. The largest absolute Gasteiger partial charge is 0.386 e. The Labute approximate surface area is 123 Å². The van der Waals surface area contributed by atoms with Crippen molar-refractivity contribution in [2.75, 3.05) is 19.3 Å². The summed E-state index contributed by atoms with van der Waals surface area (Å²) >= 11 is 1.65. The average molecular weight is 300 g/mol. The van der Waals surface area contributed by atoms with Crippen molar-refractivity contribution in [3.8, 4) is 0 Å². The molecule has 0 aromatic heterocycles. The first kappa shape index (κ1) is 16.8. The number of benzene rings is 1. The maximum atomic E-state index is 13.4. The third kappa shape index (κ3) is 5.38. The molecule has 0 fully saturated rings. The minimum absolute atomic E-state index is 0.0353. The van der Waals surface area contributed by atoms with Crippen LogP contribution in [0.5, 0.6) is 0 Å². The first-order valence-corrected chi connectivity index (χ1v) is 7.57. The lowest BCUT2D eigenvalue weighted by Crippen LogP contribution is -2.43. The fourth-order valence-electron chi connectivity index (χ4n) is 1.47. The molecule has 0 saturated carbocycles. The van der Waals surface area contributed by atoms with E-state index in [4.69, 9.17) is 0 Å². The zero-order valence-corrected chi connectivity index (χ0v) is 12.8. The summed E-state index contributed by atoms with van der Waals surface area (Å²) in [4.78, 5) is 11.6. The third-order valence-electron chi connectivity index (χ3n) is 2.95. The van der Waals surface area contributed by atoms with Crippen LogP contribution in [0.15, 0.2) is 24.3 Å². The summed E-state index contributed by atoms with van der Waals surface area (Å²) in [5.41, 5.74) is 0.178. The summed E-state index contributed by atoms with van der Waals surface area (Å²) < 4.78 is 13.4. The summed E-state index contributed by atoms with van der Waals surface area (Å²) in [6.07, 6.45) is 0.914. The van der Waals surface area contributed by atoms with Gasteiger partial charge in [0.05, 0.1) is 6.10 Å². The molecule has 0 heterocycles. The standard InChI is InChI=1S/C14H21FN2O2S/c1-14(2,20-3)9-17-13(19)16-8-12(18)10-6-4-5-7-11(10)15/h4-7,12,18H,8-9H2,1-3H3,(H2,16,17,19). The molecule has 0 bridgehead atoms. The molecule has 1 unspecified atom stereocenters. The maximum Gasteiger partial charge on any atom is 0.314 e. The molecular formula is C14H21FN2O2S. The van der Waals surface area contributed by atoms with Gasteiger partial charge in [-0.25, -0.2) is 9.18 Å². The number of halogens is 1. The first-order chi connectivity index (χ1) is 9.35. The quantitative estimate of drug-likeness (QED) is 0.755. The number of hydrogen-bond acceptors (Lipinski definition) is 3. The molecule has 1 aromatic rings. The Hall–Kier alpha value is -1.27. The molecule has 6 heteroatoms. The molecule has 112 valence electrons. The number of aliphatic hydroxyl groups excluding tert-OH is 1. The van der Waals surface area contributed by atoms with Crippen LogP contribution >= 0.6 is 11.8 Å². The van der Waals surface area contributed by atoms with Crippen molar-refractivity contribution in [3.63, 3.8) is 0 Å². The first-order valence-electron chi connectivity index (χ1n) is 6.35. The maximum absolute atomic E-state index is 13.4. The lowest BCUT2D eigenvalue weighted by Gasteiger charge is -2.22. The Morgan fingerprint density at radius 3 is 2.65 bits per heavy atom. The molecule has 2 amide bonds. The highest BCUT2D eigenvalue weighted by atomic mass is 32.2. The summed E-state index contributed by atoms with van der Waals surface area (Å²) in [6, 6.07) is 5.59. The zero-order valence-electron chi connectivity index (χ0n) is 11.9. The van der Waals surface area contributed by atoms with Gasteiger partial charge in [0.2, 0.25) is 0 Å². The predicted octanol–water partition coefficient (Wildman–Crippen LogP) is 2.30. The van der Waals surface area contributed by atoms with Crippen molar-refractivity contribution in [3.05, 3.63) is 35.6 Å². The minimum Gasteiger partial charge on any atom is -0.386 e. The van der Waals surface area contributed by atoms with E-state index in [9.17, 15) is 14.3 Å². The Balaban J connectivity index is 2.40. The van der Waals surface area contributed by atoms with Gasteiger partial charge in [0, 0.05) is 23.4 Å². The second-order valence-corrected chi connectivity index (χ2v) is 6.58. The van der Waals surface area contributed by atoms with E-state index in [0.717, 1.165) is 0 Å². The van der Waals surface area contributed by atoms with Crippen LogP contribution in [-0.2, 0) is 0 Å². The summed E-state index contributed by atoms with van der Waals surface area (Å²) in [5.74, 6) is -0.481. The molecule has 0 aliphatic carbocycles. The van der Waals surface area contributed by atoms with Crippen molar-refractivity contribution < 1.29 is 14.3 Å². The van der Waals surface area contributed by atoms with E-state index in [1.165, 1.54) is 12.1 Å². The van der Waals surface area contributed by atoms with Crippen LogP contribution in [-0.4, -0.2) is 35.2 Å². The van der Waals surface area contributed by atoms with Gasteiger partial charge in [-0.3, -0.25) is 0 Å². The number of rotatable bonds is 6. The van der Waals surface area contributed by atoms with E-state index in [1.807, 2.05) is 20.1 Å². The highest BCUT2D eigenvalue weighted by Crippen LogP contribution is 2.19. The van der Waals surface area contributed by atoms with Gasteiger partial charge in [-0.2, -0.15) is 11.8 Å². The minimum atomic E-state index is -1.06. The normalized spacial score (nSPS) is 12.8. The van der Waals surface area contributed by atoms with Gasteiger partial charge in [-0.15, -0.1) is 0 Å². The highest BCUT2D eigenvalue weighted by molar-refractivity contribution is 7.99. The lowest BCUT2D eigenvalue weighted by atomic mass is 10.1. The van der Waals surface area contributed by atoms with Gasteiger partial charge in [0.25, 0.3) is 0 Å². The Bertz CT molecular complexity index is 455. The number of carbonyl (C=O) groups is 1. The van der Waals surface area contributed by atoms with E-state index in [0.29, 0.717) is 6.54 Å². The molecule has 0 radical (unpaired) electrons. The van der Waals surface area contributed by atoms with Gasteiger partial charge < -0.3 is 15.7 Å². The third-order valence-corrected chi connectivity index (χ3v) is 4.20. The SMILES string of the molecule is CSC(C)(C)CNC(=O)NCC(O)c1ccccc1F. The molecular weight excluding hydrogens is 279 g/mol. The molecule has 4 nitrogen and oxygen atoms in total. The van der Waals surface area contributed by atoms with Gasteiger partial charge >= 0.3 is 6.03 Å². The monoisotopic (exact) mass is 300 g/mol. The number of urea groups is 1. The van der Waals surface area contributed by atoms with Crippen LogP contribution < -0.4 is 10.6 Å². The topological polar surface area (TPSA) is 61.4 Å². The van der Waals surface area contributed by atoms with Gasteiger partial charge in [0.1, 0.15) is 5.82 Å². The van der Waals surface area contributed by atoms with Crippen LogP contribution in [0.2, 0.25) is 0 Å². The smallest absolute Gasteiger partial charge is 0.314 e. The fourth-order valence-corrected chi connectivity index (χ4v) is 1.69. The number of hydrogen-bond donors (Lipinski definition) is 3. The molecule has 0 spiro atoms. The van der Waals surface area contributed by atoms with Gasteiger partial charge in [-0.05, 0) is 26.2 Å². The molecule has 1 rings (SSSR count). The van der Waals surface area contributed by atoms with Crippen LogP contribution in [0.1, 0.15) is 25.5 Å². The Kier molecular flexibility index (Phi) is 6.29. The lowest BCUT2D eigenvalue weighted by molar-refractivity contribution is 0.169. The molecule has 1 atom stereocenters. The van der Waals surface area contributed by atoms with Crippen LogP contribution in [0.4, 0.5) is 9.18 Å². The Morgan fingerprint density at radius 2 is 2.05 bits per heavy atom. The second-order valence-electron chi connectivity index (χ2n) is 5.06. The Morgan fingerprint density at radius 1 is 1.40 bits per heavy atom. The number of thioether (sulfide) groups is 1. The summed E-state index contributed by atoms with van der Waals surface area (Å²) in [5, 5.41) is 15.1. The molecule has 0 aliphatic heterocycles. The number of amides is 2. The number of carbonyl (C=O) groups excluding carboxylic acids is 1. The average Bonchev–Trinajstić information content (AvgIpc) is 2.43. The molecule has 0 saturated heterocycles. The van der Waals surface area contributed by atoms with Crippen molar-refractivity contribution in [1.29, 1.82) is 0 Å². The van der Waals surface area contributed by atoms with E-state index in [2.05, 4.69) is 10.6 Å². The number of nitrogens with one attached hydrogen (secondary N) is 2. The van der Waals surface area contributed by atoms with Crippen molar-refractivity contribution in [2.24, 2.45) is 0 Å². The molecule has 1 aromatic carbocycles. The summed E-state index contributed by atoms with van der Waals surface area (Å²) in [6.45, 7) is 4.51. The van der Waals surface area contributed by atoms with E-state index < -0.39 is 11.9 Å². The van der Waals surface area contributed by atoms with E-state index in [1.54, 1.807) is 23.9 Å². The van der Waals surface area contributed by atoms with Gasteiger partial charge in [0.15, 0.2) is 0 Å². The summed E-state index contributed by atoms with van der Waals surface area (Å²) in [7, 11) is 0. The fraction of sp³-hybridized carbons (Fsp3) is 0.500. The van der Waals surface area contributed by atoms with Crippen molar-refractivity contribution >= 4 is 17.8 Å². The number of aliphatic hydroxyl groups is 1. The van der Waals surface area contributed by atoms with Crippen LogP contribution in [0.3, 0.4) is 0 Å². The van der Waals surface area contributed by atoms with Crippen LogP contribution in [0.25, 0.3) is 0 Å². The van der Waals surface area contributed by atoms with E-state index in [-0.39, 0.29) is 22.9 Å². The van der Waals surface area contributed by atoms with Crippen LogP contribution in [0, 0.1) is 5.82 Å².